The summed E-state index contributed by atoms with van der Waals surface area (Å²) in [6, 6.07) is 0. The monoisotopic (exact) mass is 395 g/mol. The van der Waals surface area contributed by atoms with Crippen LogP contribution in [0.5, 0.6) is 0 Å². The molecule has 1 N–H and O–H groups in total. The van der Waals surface area contributed by atoms with Gasteiger partial charge in [0.25, 0.3) is 0 Å². The molecule has 0 radical (unpaired) electrons. The first-order valence-electron chi connectivity index (χ1n) is 11.2. The van der Waals surface area contributed by atoms with Crippen molar-refractivity contribution in [2.75, 3.05) is 6.54 Å². The average molecular weight is 396 g/mol. The van der Waals surface area contributed by atoms with Crippen LogP contribution >= 0.6 is 0 Å². The summed E-state index contributed by atoms with van der Waals surface area (Å²) in [7, 11) is 0. The smallest absolute Gasteiger partial charge is 0.223 e. The lowest BCUT2D eigenvalue weighted by Crippen LogP contribution is -2.40. The molecule has 1 unspecified atom stereocenters. The van der Waals surface area contributed by atoms with Crippen LogP contribution in [-0.4, -0.2) is 18.2 Å². The maximum absolute atomic E-state index is 12.9. The highest BCUT2D eigenvalue weighted by Gasteiger charge is 2.37. The van der Waals surface area contributed by atoms with Gasteiger partial charge in [-0.25, -0.2) is 0 Å². The van der Waals surface area contributed by atoms with E-state index in [2.05, 4.69) is 60.7 Å². The Labute approximate surface area is 175 Å². The second-order valence-corrected chi connectivity index (χ2v) is 12.4. The molecule has 0 aliphatic rings. The lowest BCUT2D eigenvalue weighted by molar-refractivity contribution is -0.129. The van der Waals surface area contributed by atoms with Crippen molar-refractivity contribution in [3.05, 3.63) is 0 Å². The zero-order valence-electron chi connectivity index (χ0n) is 20.8. The summed E-state index contributed by atoms with van der Waals surface area (Å²) in [4.78, 5) is 24.8. The van der Waals surface area contributed by atoms with E-state index in [0.717, 1.165) is 32.1 Å². The Morgan fingerprint density at radius 1 is 0.786 bits per heavy atom. The van der Waals surface area contributed by atoms with Gasteiger partial charge in [-0.2, -0.15) is 0 Å². The summed E-state index contributed by atoms with van der Waals surface area (Å²) in [5, 5.41) is 3.16. The molecule has 3 nitrogen and oxygen atoms in total. The van der Waals surface area contributed by atoms with E-state index < -0.39 is 0 Å². The summed E-state index contributed by atoms with van der Waals surface area (Å²) in [6.45, 7) is 24.6. The van der Waals surface area contributed by atoms with Crippen molar-refractivity contribution in [1.29, 1.82) is 0 Å². The van der Waals surface area contributed by atoms with E-state index in [4.69, 9.17) is 0 Å². The minimum absolute atomic E-state index is 0.0246. The fourth-order valence-electron chi connectivity index (χ4n) is 3.13. The predicted octanol–water partition coefficient (Wildman–Crippen LogP) is 6.79. The molecule has 0 aromatic heterocycles. The second kappa shape index (κ2) is 10.3. The van der Waals surface area contributed by atoms with Crippen molar-refractivity contribution in [3.63, 3.8) is 0 Å². The van der Waals surface area contributed by atoms with Crippen LogP contribution in [-0.2, 0) is 9.59 Å². The van der Waals surface area contributed by atoms with E-state index in [-0.39, 0.29) is 33.5 Å². The third-order valence-electron chi connectivity index (χ3n) is 6.67. The van der Waals surface area contributed by atoms with E-state index in [1.54, 1.807) is 0 Å². The molecular weight excluding hydrogens is 346 g/mol. The molecule has 0 aromatic carbocycles. The SMILES string of the molecule is CC(C)(C)C(=O)CCCCCNC(=O)C(CCC(C)(C)C(C)(C)C)C(C)(C)C. The summed E-state index contributed by atoms with van der Waals surface area (Å²) in [6.07, 6.45) is 5.44. The van der Waals surface area contributed by atoms with Crippen LogP contribution in [0, 0.1) is 27.6 Å². The van der Waals surface area contributed by atoms with Gasteiger partial charge in [0, 0.05) is 24.3 Å². The lowest BCUT2D eigenvalue weighted by atomic mass is 9.64. The average Bonchev–Trinajstić information content (AvgIpc) is 2.46. The van der Waals surface area contributed by atoms with Crippen LogP contribution in [0.2, 0.25) is 0 Å². The third kappa shape index (κ3) is 9.56. The van der Waals surface area contributed by atoms with Gasteiger partial charge in [-0.3, -0.25) is 9.59 Å². The Hall–Kier alpha value is -0.860. The van der Waals surface area contributed by atoms with Crippen LogP contribution in [0.3, 0.4) is 0 Å². The molecule has 0 bridgehead atoms. The molecule has 0 heterocycles. The van der Waals surface area contributed by atoms with Gasteiger partial charge in [0.05, 0.1) is 0 Å². The van der Waals surface area contributed by atoms with Crippen molar-refractivity contribution >= 4 is 11.7 Å². The molecule has 1 atom stereocenters. The second-order valence-electron chi connectivity index (χ2n) is 12.4. The molecule has 0 saturated carbocycles. The summed E-state index contributed by atoms with van der Waals surface area (Å²) < 4.78 is 0. The first-order valence-corrected chi connectivity index (χ1v) is 11.2. The Morgan fingerprint density at radius 3 is 1.75 bits per heavy atom. The first-order chi connectivity index (χ1) is 12.4. The molecule has 0 aliphatic heterocycles. The maximum atomic E-state index is 12.9. The summed E-state index contributed by atoms with van der Waals surface area (Å²) in [5.41, 5.74) is 0.124. The number of ketones is 1. The molecule has 0 saturated heterocycles. The number of carbonyl (C=O) groups excluding carboxylic acids is 2. The zero-order chi connectivity index (χ0) is 22.4. The van der Waals surface area contributed by atoms with Crippen molar-refractivity contribution in [2.45, 2.75) is 115 Å². The zero-order valence-corrected chi connectivity index (χ0v) is 20.8. The quantitative estimate of drug-likeness (QED) is 0.414. The van der Waals surface area contributed by atoms with Gasteiger partial charge < -0.3 is 5.32 Å². The van der Waals surface area contributed by atoms with Gasteiger partial charge in [0.1, 0.15) is 5.78 Å². The van der Waals surface area contributed by atoms with E-state index in [1.165, 1.54) is 0 Å². The van der Waals surface area contributed by atoms with Gasteiger partial charge in [0.2, 0.25) is 5.91 Å². The molecule has 28 heavy (non-hydrogen) atoms. The van der Waals surface area contributed by atoms with Gasteiger partial charge in [-0.1, -0.05) is 82.6 Å². The minimum atomic E-state index is -0.241. The standard InChI is InChI=1S/C25H49NO2/c1-22(2,3)19(16-17-25(10,11)24(7,8)9)21(28)26-18-14-12-13-15-20(27)23(4,5)6/h19H,12-18H2,1-11H3,(H,26,28). The van der Waals surface area contributed by atoms with E-state index in [9.17, 15) is 9.59 Å². The topological polar surface area (TPSA) is 46.2 Å². The number of hydrogen-bond acceptors (Lipinski definition) is 2. The number of rotatable bonds is 10. The maximum Gasteiger partial charge on any atom is 0.223 e. The Balaban J connectivity index is 4.49. The molecule has 1 amide bonds. The molecule has 0 spiro atoms. The molecular formula is C25H49NO2. The first kappa shape index (κ1) is 27.1. The van der Waals surface area contributed by atoms with Crippen LogP contribution in [0.1, 0.15) is 115 Å². The number of unbranched alkanes of at least 4 members (excludes halogenated alkanes) is 2. The number of hydrogen-bond donors (Lipinski definition) is 1. The van der Waals surface area contributed by atoms with E-state index in [1.807, 2.05) is 20.8 Å². The highest BCUT2D eigenvalue weighted by atomic mass is 16.2. The highest BCUT2D eigenvalue weighted by molar-refractivity contribution is 5.83. The molecule has 0 rings (SSSR count). The highest BCUT2D eigenvalue weighted by Crippen LogP contribution is 2.44. The van der Waals surface area contributed by atoms with Gasteiger partial charge in [-0.05, 0) is 41.9 Å². The van der Waals surface area contributed by atoms with Crippen molar-refractivity contribution in [1.82, 2.24) is 5.32 Å². The van der Waals surface area contributed by atoms with Crippen molar-refractivity contribution in [3.8, 4) is 0 Å². The number of amides is 1. The Kier molecular flexibility index (Phi) is 9.94. The van der Waals surface area contributed by atoms with Crippen molar-refractivity contribution < 1.29 is 9.59 Å². The number of Topliss-reactive ketones (excluding diaryl/α,β-unsaturated/α-hetero) is 1. The largest absolute Gasteiger partial charge is 0.356 e. The Morgan fingerprint density at radius 2 is 1.32 bits per heavy atom. The predicted molar refractivity (Wildman–Crippen MR) is 121 cm³/mol. The van der Waals surface area contributed by atoms with Crippen LogP contribution in [0.25, 0.3) is 0 Å². The molecule has 3 heteroatoms. The summed E-state index contributed by atoms with van der Waals surface area (Å²) >= 11 is 0. The lowest BCUT2D eigenvalue weighted by Gasteiger charge is -2.41. The van der Waals surface area contributed by atoms with E-state index >= 15 is 0 Å². The third-order valence-corrected chi connectivity index (χ3v) is 6.67. The van der Waals surface area contributed by atoms with Crippen LogP contribution in [0.15, 0.2) is 0 Å². The van der Waals surface area contributed by atoms with Crippen molar-refractivity contribution in [2.24, 2.45) is 27.6 Å². The summed E-state index contributed by atoms with van der Waals surface area (Å²) in [5.74, 6) is 0.533. The van der Waals surface area contributed by atoms with Gasteiger partial charge in [0.15, 0.2) is 0 Å². The van der Waals surface area contributed by atoms with E-state index in [0.29, 0.717) is 18.7 Å². The number of carbonyl (C=O) groups is 2. The fourth-order valence-corrected chi connectivity index (χ4v) is 3.13. The van der Waals surface area contributed by atoms with Gasteiger partial charge in [-0.15, -0.1) is 0 Å². The fraction of sp³-hybridized carbons (Fsp3) is 0.920. The molecule has 0 aromatic rings. The minimum Gasteiger partial charge on any atom is -0.356 e. The van der Waals surface area contributed by atoms with Crippen LogP contribution < -0.4 is 5.32 Å². The molecule has 0 fully saturated rings. The normalized spacial score (nSPS) is 14.7. The molecule has 0 aliphatic carbocycles. The molecule has 166 valence electrons. The van der Waals surface area contributed by atoms with Crippen LogP contribution in [0.4, 0.5) is 0 Å². The number of nitrogens with one attached hydrogen (secondary N) is 1. The van der Waals surface area contributed by atoms with Gasteiger partial charge >= 0.3 is 0 Å². The Bertz CT molecular complexity index is 498.